The van der Waals surface area contributed by atoms with Crippen LogP contribution >= 0.6 is 0 Å². The number of nitrogens with zero attached hydrogens (tertiary/aromatic N) is 5. The van der Waals surface area contributed by atoms with E-state index in [0.717, 1.165) is 0 Å². The van der Waals surface area contributed by atoms with Crippen molar-refractivity contribution in [1.29, 1.82) is 0 Å². The molecule has 0 bridgehead atoms. The number of anilines is 1. The first kappa shape index (κ1) is 21.4. The van der Waals surface area contributed by atoms with Crippen LogP contribution < -0.4 is 5.32 Å². The second kappa shape index (κ2) is 9.10. The van der Waals surface area contributed by atoms with E-state index in [1.807, 2.05) is 0 Å². The molecule has 0 saturated heterocycles. The van der Waals surface area contributed by atoms with E-state index in [-0.39, 0.29) is 17.4 Å². The summed E-state index contributed by atoms with van der Waals surface area (Å²) >= 11 is 0. The van der Waals surface area contributed by atoms with Gasteiger partial charge in [-0.3, -0.25) is 30.0 Å². The summed E-state index contributed by atoms with van der Waals surface area (Å²) in [5.41, 5.74) is 1.40. The fourth-order valence-corrected chi connectivity index (χ4v) is 3.00. The summed E-state index contributed by atoms with van der Waals surface area (Å²) in [7, 11) is 0. The molecule has 0 unspecified atom stereocenters. The van der Waals surface area contributed by atoms with Gasteiger partial charge in [0.1, 0.15) is 11.5 Å². The van der Waals surface area contributed by atoms with Crippen molar-refractivity contribution in [3.8, 4) is 11.5 Å². The number of carbonyl (C=O) groups excluding carboxylic acids is 2. The number of benzene rings is 2. The normalized spacial score (nSPS) is 10.5. The first-order valence-electron chi connectivity index (χ1n) is 9.75. The summed E-state index contributed by atoms with van der Waals surface area (Å²) in [6.07, 6.45) is 1.62. The lowest BCUT2D eigenvalue weighted by molar-refractivity contribution is -0.384. The fourth-order valence-electron chi connectivity index (χ4n) is 3.00. The third-order valence-electron chi connectivity index (χ3n) is 4.62. The largest absolute Gasteiger partial charge is 0.290 e. The number of hydrogen-bond acceptors (Lipinski definition) is 8. The van der Waals surface area contributed by atoms with Gasteiger partial charge in [0.05, 0.1) is 4.92 Å². The number of ketones is 1. The van der Waals surface area contributed by atoms with Crippen LogP contribution in [0, 0.1) is 17.0 Å². The van der Waals surface area contributed by atoms with Crippen LogP contribution in [0.25, 0.3) is 11.5 Å². The molecule has 0 radical (unpaired) electrons. The monoisotopic (exact) mass is 440 g/mol. The number of pyridine rings is 1. The molecular formula is C23H16N6O4. The fraction of sp³-hybridized carbons (Fsp3) is 0.0435. The van der Waals surface area contributed by atoms with Crippen LogP contribution in [-0.4, -0.2) is 36.5 Å². The summed E-state index contributed by atoms with van der Waals surface area (Å²) < 4.78 is 0. The van der Waals surface area contributed by atoms with Crippen molar-refractivity contribution in [2.24, 2.45) is 0 Å². The zero-order valence-corrected chi connectivity index (χ0v) is 17.3. The Balaban J connectivity index is 1.49. The highest BCUT2D eigenvalue weighted by atomic mass is 16.6. The van der Waals surface area contributed by atoms with Crippen LogP contribution in [0.2, 0.25) is 0 Å². The molecule has 2 heterocycles. The Morgan fingerprint density at radius 2 is 1.48 bits per heavy atom. The van der Waals surface area contributed by atoms with Crippen molar-refractivity contribution in [3.63, 3.8) is 0 Å². The lowest BCUT2D eigenvalue weighted by Crippen LogP contribution is -2.16. The molecule has 0 aliphatic rings. The predicted octanol–water partition coefficient (Wildman–Crippen LogP) is 3.63. The summed E-state index contributed by atoms with van der Waals surface area (Å²) in [5.74, 6) is 0.0680. The average molecular weight is 440 g/mol. The number of hydrogen-bond donors (Lipinski definition) is 1. The zero-order chi connectivity index (χ0) is 23.4. The van der Waals surface area contributed by atoms with Crippen molar-refractivity contribution in [1.82, 2.24) is 19.9 Å². The number of rotatable bonds is 6. The van der Waals surface area contributed by atoms with Gasteiger partial charge in [-0.15, -0.1) is 0 Å². The molecule has 0 spiro atoms. The molecule has 10 heteroatoms. The molecule has 33 heavy (non-hydrogen) atoms. The highest BCUT2D eigenvalue weighted by molar-refractivity contribution is 6.10. The van der Waals surface area contributed by atoms with E-state index in [0.29, 0.717) is 34.0 Å². The van der Waals surface area contributed by atoms with E-state index in [2.05, 4.69) is 25.3 Å². The van der Waals surface area contributed by atoms with Gasteiger partial charge in [0, 0.05) is 35.0 Å². The van der Waals surface area contributed by atoms with Crippen LogP contribution in [0.15, 0.2) is 72.9 Å². The maximum atomic E-state index is 12.6. The lowest BCUT2D eigenvalue weighted by Gasteiger charge is -2.07. The molecule has 10 nitrogen and oxygen atoms in total. The average Bonchev–Trinajstić information content (AvgIpc) is 2.84. The number of nitro benzene ring substituents is 1. The highest BCUT2D eigenvalue weighted by Gasteiger charge is 2.15. The molecule has 2 aromatic heterocycles. The second-order valence-electron chi connectivity index (χ2n) is 6.91. The van der Waals surface area contributed by atoms with Gasteiger partial charge >= 0.3 is 0 Å². The summed E-state index contributed by atoms with van der Waals surface area (Å²) in [6, 6.07) is 16.7. The molecule has 1 N–H and O–H groups in total. The van der Waals surface area contributed by atoms with Crippen LogP contribution in [0.4, 0.5) is 11.6 Å². The van der Waals surface area contributed by atoms with E-state index < -0.39 is 10.8 Å². The number of nitro groups is 1. The number of nitrogens with one attached hydrogen (secondary N) is 1. The number of aryl methyl sites for hydroxylation is 1. The van der Waals surface area contributed by atoms with Crippen molar-refractivity contribution in [2.75, 3.05) is 5.32 Å². The van der Waals surface area contributed by atoms with Crippen molar-refractivity contribution in [3.05, 3.63) is 106 Å². The van der Waals surface area contributed by atoms with E-state index in [1.165, 1.54) is 48.5 Å². The van der Waals surface area contributed by atoms with Crippen LogP contribution in [0.1, 0.15) is 32.1 Å². The molecule has 1 amide bonds. The molecule has 0 aliphatic carbocycles. The minimum Gasteiger partial charge on any atom is -0.290 e. The minimum atomic E-state index is -0.533. The molecule has 0 atom stereocenters. The number of aromatic nitrogens is 4. The SMILES string of the molecule is Cc1nc(NC(=O)c2ccc(C(=O)c3ccc([N+](=O)[O-])cc3)cc2)nc(-c2ccccn2)n1. The Kier molecular flexibility index (Phi) is 5.90. The van der Waals surface area contributed by atoms with Crippen LogP contribution in [-0.2, 0) is 0 Å². The first-order chi connectivity index (χ1) is 15.9. The van der Waals surface area contributed by atoms with Gasteiger partial charge in [-0.05, 0) is 43.3 Å². The van der Waals surface area contributed by atoms with Gasteiger partial charge in [-0.1, -0.05) is 18.2 Å². The lowest BCUT2D eigenvalue weighted by atomic mass is 10.0. The van der Waals surface area contributed by atoms with Crippen molar-refractivity contribution >= 4 is 23.3 Å². The molecule has 4 aromatic rings. The first-order valence-corrected chi connectivity index (χ1v) is 9.75. The second-order valence-corrected chi connectivity index (χ2v) is 6.91. The van der Waals surface area contributed by atoms with Crippen molar-refractivity contribution < 1.29 is 14.5 Å². The van der Waals surface area contributed by atoms with Gasteiger partial charge in [-0.2, -0.15) is 9.97 Å². The maximum Gasteiger partial charge on any atom is 0.269 e. The van der Waals surface area contributed by atoms with Crippen molar-refractivity contribution in [2.45, 2.75) is 6.92 Å². The van der Waals surface area contributed by atoms with E-state index in [9.17, 15) is 19.7 Å². The predicted molar refractivity (Wildman–Crippen MR) is 119 cm³/mol. The Bertz CT molecular complexity index is 1340. The number of carbonyl (C=O) groups is 2. The standard InChI is InChI=1S/C23H16N6O4/c1-14-25-21(19-4-2-3-13-24-19)27-23(26-14)28-22(31)17-7-5-15(6-8-17)20(30)16-9-11-18(12-10-16)29(32)33/h2-13H,1H3,(H,25,26,27,28,31). The Labute approximate surface area is 187 Å². The minimum absolute atomic E-state index is 0.0826. The Hall–Kier alpha value is -4.86. The summed E-state index contributed by atoms with van der Waals surface area (Å²) in [5, 5.41) is 13.4. The van der Waals surface area contributed by atoms with E-state index in [1.54, 1.807) is 31.3 Å². The quantitative estimate of drug-likeness (QED) is 0.272. The zero-order valence-electron chi connectivity index (χ0n) is 17.3. The highest BCUT2D eigenvalue weighted by Crippen LogP contribution is 2.17. The molecule has 0 saturated carbocycles. The maximum absolute atomic E-state index is 12.6. The summed E-state index contributed by atoms with van der Waals surface area (Å²) in [6.45, 7) is 1.68. The third kappa shape index (κ3) is 4.90. The smallest absolute Gasteiger partial charge is 0.269 e. The van der Waals surface area contributed by atoms with Crippen LogP contribution in [0.5, 0.6) is 0 Å². The molecule has 0 fully saturated rings. The molecule has 4 rings (SSSR count). The van der Waals surface area contributed by atoms with Gasteiger partial charge in [-0.25, -0.2) is 4.98 Å². The molecule has 162 valence electrons. The third-order valence-corrected chi connectivity index (χ3v) is 4.62. The number of non-ortho nitro benzene ring substituents is 1. The molecular weight excluding hydrogens is 424 g/mol. The van der Waals surface area contributed by atoms with E-state index in [4.69, 9.17) is 0 Å². The molecule has 0 aliphatic heterocycles. The summed E-state index contributed by atoms with van der Waals surface area (Å²) in [4.78, 5) is 52.3. The van der Waals surface area contributed by atoms with Gasteiger partial charge in [0.25, 0.3) is 11.6 Å². The van der Waals surface area contributed by atoms with Crippen LogP contribution in [0.3, 0.4) is 0 Å². The van der Waals surface area contributed by atoms with Gasteiger partial charge < -0.3 is 0 Å². The molecule has 2 aromatic carbocycles. The number of amides is 1. The Morgan fingerprint density at radius 3 is 2.09 bits per heavy atom. The Morgan fingerprint density at radius 1 is 0.848 bits per heavy atom. The van der Waals surface area contributed by atoms with E-state index >= 15 is 0 Å². The van der Waals surface area contributed by atoms with Gasteiger partial charge in [0.2, 0.25) is 5.95 Å². The topological polar surface area (TPSA) is 141 Å². The van der Waals surface area contributed by atoms with Gasteiger partial charge in [0.15, 0.2) is 11.6 Å².